The van der Waals surface area contributed by atoms with Gasteiger partial charge in [0.05, 0.1) is 29.6 Å². The minimum Gasteiger partial charge on any atom is -0.497 e. The number of halogens is 1. The van der Waals surface area contributed by atoms with Crippen molar-refractivity contribution in [3.05, 3.63) is 45.6 Å². The second-order valence-electron chi connectivity index (χ2n) is 7.00. The Morgan fingerprint density at radius 2 is 1.79 bits per heavy atom. The molecule has 2 amide bonds. The van der Waals surface area contributed by atoms with E-state index < -0.39 is 0 Å². The first kappa shape index (κ1) is 19.4. The lowest BCUT2D eigenvalue weighted by Crippen LogP contribution is -2.52. The molecule has 2 aliphatic heterocycles. The summed E-state index contributed by atoms with van der Waals surface area (Å²) in [5.74, 6) is 0.423. The quantitative estimate of drug-likeness (QED) is 0.697. The number of hydrogen-bond acceptors (Lipinski definition) is 6. The largest absolute Gasteiger partial charge is 0.497 e. The van der Waals surface area contributed by atoms with E-state index in [0.29, 0.717) is 11.4 Å². The van der Waals surface area contributed by atoms with Gasteiger partial charge in [0.2, 0.25) is 5.91 Å². The van der Waals surface area contributed by atoms with Crippen LogP contribution in [0.5, 0.6) is 5.75 Å². The molecule has 2 aromatic rings. The maximum Gasteiger partial charge on any atom is 0.251 e. The van der Waals surface area contributed by atoms with Crippen molar-refractivity contribution in [2.75, 3.05) is 38.2 Å². The average Bonchev–Trinajstić information content (AvgIpc) is 3.25. The first-order valence-electron chi connectivity index (χ1n) is 9.26. The Labute approximate surface area is 173 Å². The van der Waals surface area contributed by atoms with Crippen LogP contribution in [0, 0.1) is 0 Å². The van der Waals surface area contributed by atoms with Crippen LogP contribution in [-0.2, 0) is 16.1 Å². The predicted molar refractivity (Wildman–Crippen MR) is 110 cm³/mol. The highest BCUT2D eigenvalue weighted by molar-refractivity contribution is 7.16. The molecular weight excluding hydrogens is 398 g/mol. The fourth-order valence-corrected chi connectivity index (χ4v) is 4.92. The second kappa shape index (κ2) is 8.21. The monoisotopic (exact) mass is 419 g/mol. The van der Waals surface area contributed by atoms with E-state index in [9.17, 15) is 9.59 Å². The van der Waals surface area contributed by atoms with Crippen LogP contribution in [0.25, 0.3) is 0 Å². The maximum absolute atomic E-state index is 13.0. The van der Waals surface area contributed by atoms with Gasteiger partial charge < -0.3 is 4.74 Å². The first-order valence-corrected chi connectivity index (χ1v) is 10.5. The van der Waals surface area contributed by atoms with Gasteiger partial charge in [-0.05, 0) is 36.4 Å². The fraction of sp³-hybridized carbons (Fsp3) is 0.400. The summed E-state index contributed by atoms with van der Waals surface area (Å²) in [5, 5.41) is 0. The number of carbonyl (C=O) groups excluding carboxylic acids is 2. The standard InChI is InChI=1S/C20H22ClN3O3S/c1-27-15-4-2-14(3-5-15)24-19(25)12-17(20(24)26)23-10-8-22(9-11-23)13-16-6-7-18(21)28-16/h2-7,17H,8-13H2,1H3/t17-/m1/s1. The number of amides is 2. The number of benzene rings is 1. The van der Waals surface area contributed by atoms with Crippen molar-refractivity contribution >= 4 is 40.4 Å². The molecule has 0 saturated carbocycles. The third-order valence-electron chi connectivity index (χ3n) is 5.31. The van der Waals surface area contributed by atoms with Crippen LogP contribution >= 0.6 is 22.9 Å². The zero-order valence-electron chi connectivity index (χ0n) is 15.6. The molecule has 0 spiro atoms. The van der Waals surface area contributed by atoms with Crippen molar-refractivity contribution in [1.82, 2.24) is 9.80 Å². The van der Waals surface area contributed by atoms with Crippen molar-refractivity contribution in [1.29, 1.82) is 0 Å². The highest BCUT2D eigenvalue weighted by atomic mass is 35.5. The van der Waals surface area contributed by atoms with Crippen molar-refractivity contribution in [3.63, 3.8) is 0 Å². The zero-order chi connectivity index (χ0) is 19.7. The molecule has 1 aromatic carbocycles. The van der Waals surface area contributed by atoms with Gasteiger partial charge in [-0.2, -0.15) is 0 Å². The molecular formula is C20H22ClN3O3S. The van der Waals surface area contributed by atoms with Crippen LogP contribution < -0.4 is 9.64 Å². The van der Waals surface area contributed by atoms with Gasteiger partial charge in [-0.3, -0.25) is 19.4 Å². The molecule has 0 aliphatic carbocycles. The Morgan fingerprint density at radius 3 is 2.39 bits per heavy atom. The zero-order valence-corrected chi connectivity index (χ0v) is 17.2. The van der Waals surface area contributed by atoms with Gasteiger partial charge in [0.15, 0.2) is 0 Å². The molecule has 1 atom stereocenters. The van der Waals surface area contributed by atoms with Crippen LogP contribution in [0.3, 0.4) is 0 Å². The molecule has 3 heterocycles. The number of nitrogens with zero attached hydrogens (tertiary/aromatic N) is 3. The van der Waals surface area contributed by atoms with Crippen molar-refractivity contribution in [2.24, 2.45) is 0 Å². The van der Waals surface area contributed by atoms with E-state index >= 15 is 0 Å². The third-order valence-corrected chi connectivity index (χ3v) is 6.53. The topological polar surface area (TPSA) is 53.1 Å². The minimum absolute atomic E-state index is 0.131. The number of rotatable bonds is 5. The summed E-state index contributed by atoms with van der Waals surface area (Å²) in [6, 6.07) is 10.6. The summed E-state index contributed by atoms with van der Waals surface area (Å²) in [7, 11) is 1.59. The minimum atomic E-state index is -0.368. The molecule has 8 heteroatoms. The molecule has 0 N–H and O–H groups in total. The van der Waals surface area contributed by atoms with E-state index in [2.05, 4.69) is 15.9 Å². The molecule has 4 rings (SSSR count). The van der Waals surface area contributed by atoms with E-state index in [4.69, 9.17) is 16.3 Å². The molecule has 2 saturated heterocycles. The number of ether oxygens (including phenoxy) is 1. The van der Waals surface area contributed by atoms with Gasteiger partial charge in [-0.15, -0.1) is 11.3 Å². The first-order chi connectivity index (χ1) is 13.5. The summed E-state index contributed by atoms with van der Waals surface area (Å²) < 4.78 is 5.96. The molecule has 0 unspecified atom stereocenters. The van der Waals surface area contributed by atoms with Crippen LogP contribution in [0.4, 0.5) is 5.69 Å². The molecule has 0 bridgehead atoms. The van der Waals surface area contributed by atoms with Gasteiger partial charge in [0.1, 0.15) is 5.75 Å². The lowest BCUT2D eigenvalue weighted by Gasteiger charge is -2.36. The van der Waals surface area contributed by atoms with Crippen molar-refractivity contribution in [2.45, 2.75) is 19.0 Å². The van der Waals surface area contributed by atoms with Gasteiger partial charge in [0, 0.05) is 37.6 Å². The summed E-state index contributed by atoms with van der Waals surface area (Å²) in [6.45, 7) is 4.17. The maximum atomic E-state index is 13.0. The van der Waals surface area contributed by atoms with E-state index in [1.165, 1.54) is 9.78 Å². The van der Waals surface area contributed by atoms with Crippen molar-refractivity contribution in [3.8, 4) is 5.75 Å². The number of carbonyl (C=O) groups is 2. The highest BCUT2D eigenvalue weighted by Crippen LogP contribution is 2.28. The number of anilines is 1. The van der Waals surface area contributed by atoms with Crippen LogP contribution in [0.15, 0.2) is 36.4 Å². The van der Waals surface area contributed by atoms with Gasteiger partial charge >= 0.3 is 0 Å². The Bertz CT molecular complexity index is 862. The number of methoxy groups -OCH3 is 1. The summed E-state index contributed by atoms with van der Waals surface area (Å²) in [5.41, 5.74) is 0.603. The number of imide groups is 1. The molecule has 2 aliphatic rings. The number of piperazine rings is 1. The van der Waals surface area contributed by atoms with E-state index in [0.717, 1.165) is 37.1 Å². The Balaban J connectivity index is 1.37. The Morgan fingerprint density at radius 1 is 1.07 bits per heavy atom. The molecule has 1 aromatic heterocycles. The fourth-order valence-electron chi connectivity index (χ4n) is 3.79. The predicted octanol–water partition coefficient (Wildman–Crippen LogP) is 2.86. The summed E-state index contributed by atoms with van der Waals surface area (Å²) in [6.07, 6.45) is 0.241. The van der Waals surface area contributed by atoms with Crippen LogP contribution in [0.2, 0.25) is 4.34 Å². The van der Waals surface area contributed by atoms with Gasteiger partial charge in [0.25, 0.3) is 5.91 Å². The Hall–Kier alpha value is -1.93. The Kier molecular flexibility index (Phi) is 5.68. The molecule has 28 heavy (non-hydrogen) atoms. The summed E-state index contributed by atoms with van der Waals surface area (Å²) in [4.78, 5) is 32.5. The lowest BCUT2D eigenvalue weighted by molar-refractivity contribution is -0.123. The molecule has 2 fully saturated rings. The van der Waals surface area contributed by atoms with Gasteiger partial charge in [-0.25, -0.2) is 4.90 Å². The van der Waals surface area contributed by atoms with E-state index in [-0.39, 0.29) is 24.3 Å². The normalized spacial score (nSPS) is 21.5. The smallest absolute Gasteiger partial charge is 0.251 e. The summed E-state index contributed by atoms with van der Waals surface area (Å²) >= 11 is 7.61. The number of hydrogen-bond donors (Lipinski definition) is 0. The molecule has 6 nitrogen and oxygen atoms in total. The lowest BCUT2D eigenvalue weighted by atomic mass is 10.1. The van der Waals surface area contributed by atoms with Crippen molar-refractivity contribution < 1.29 is 14.3 Å². The number of thiophene rings is 1. The molecule has 148 valence electrons. The third kappa shape index (κ3) is 3.93. The van der Waals surface area contributed by atoms with Crippen LogP contribution in [0.1, 0.15) is 11.3 Å². The highest BCUT2D eigenvalue weighted by Gasteiger charge is 2.43. The molecule has 0 radical (unpaired) electrons. The van der Waals surface area contributed by atoms with E-state index in [1.54, 1.807) is 42.7 Å². The SMILES string of the molecule is COc1ccc(N2C(=O)C[C@@H](N3CCN(Cc4ccc(Cl)s4)CC3)C2=O)cc1. The average molecular weight is 420 g/mol. The second-order valence-corrected chi connectivity index (χ2v) is 8.80. The van der Waals surface area contributed by atoms with E-state index in [1.807, 2.05) is 6.07 Å². The van der Waals surface area contributed by atoms with Gasteiger partial charge in [-0.1, -0.05) is 11.6 Å². The van der Waals surface area contributed by atoms with Crippen LogP contribution in [-0.4, -0.2) is 60.9 Å².